The summed E-state index contributed by atoms with van der Waals surface area (Å²) in [5, 5.41) is 5.55. The van der Waals surface area contributed by atoms with Crippen LogP contribution in [0.25, 0.3) is 16.6 Å². The van der Waals surface area contributed by atoms with Gasteiger partial charge in [0.1, 0.15) is 5.82 Å². The summed E-state index contributed by atoms with van der Waals surface area (Å²) in [5.41, 5.74) is 10.1. The Kier molecular flexibility index (Phi) is 4.18. The van der Waals surface area contributed by atoms with Crippen LogP contribution in [-0.4, -0.2) is 19.7 Å². The summed E-state index contributed by atoms with van der Waals surface area (Å²) in [6, 6.07) is 14.5. The van der Waals surface area contributed by atoms with Crippen molar-refractivity contribution in [3.63, 3.8) is 0 Å². The molecule has 0 unspecified atom stereocenters. The minimum absolute atomic E-state index is 0.316. The molecule has 130 valence electrons. The van der Waals surface area contributed by atoms with Crippen LogP contribution < -0.4 is 5.73 Å². The van der Waals surface area contributed by atoms with Crippen molar-refractivity contribution in [2.45, 2.75) is 19.4 Å². The SMILES string of the molecule is Cc1nc(C[C@H](N)c2ncccc2-n2ncc3ccccc32)ccc1F. The first-order valence-electron chi connectivity index (χ1n) is 8.39. The first-order valence-corrected chi connectivity index (χ1v) is 8.39. The van der Waals surface area contributed by atoms with Crippen molar-refractivity contribution in [2.24, 2.45) is 5.73 Å². The van der Waals surface area contributed by atoms with Crippen LogP contribution in [0.3, 0.4) is 0 Å². The molecule has 0 aliphatic heterocycles. The zero-order valence-corrected chi connectivity index (χ0v) is 14.3. The monoisotopic (exact) mass is 347 g/mol. The number of fused-ring (bicyclic) bond motifs is 1. The third kappa shape index (κ3) is 2.95. The average Bonchev–Trinajstić information content (AvgIpc) is 3.09. The van der Waals surface area contributed by atoms with E-state index in [4.69, 9.17) is 5.73 Å². The highest BCUT2D eigenvalue weighted by Gasteiger charge is 2.17. The highest BCUT2D eigenvalue weighted by Crippen LogP contribution is 2.24. The molecule has 0 saturated carbocycles. The molecular weight excluding hydrogens is 329 g/mol. The van der Waals surface area contributed by atoms with Gasteiger partial charge in [-0.2, -0.15) is 5.10 Å². The molecule has 0 saturated heterocycles. The summed E-state index contributed by atoms with van der Waals surface area (Å²) in [5.74, 6) is -0.316. The Morgan fingerprint density at radius 2 is 1.96 bits per heavy atom. The van der Waals surface area contributed by atoms with Gasteiger partial charge in [0.25, 0.3) is 0 Å². The van der Waals surface area contributed by atoms with E-state index in [1.807, 2.05) is 47.3 Å². The highest BCUT2D eigenvalue weighted by molar-refractivity contribution is 5.80. The molecule has 4 rings (SSSR count). The summed E-state index contributed by atoms with van der Waals surface area (Å²) < 4.78 is 15.3. The third-order valence-corrected chi connectivity index (χ3v) is 4.38. The van der Waals surface area contributed by atoms with Gasteiger partial charge < -0.3 is 5.73 Å². The standard InChI is InChI=1S/C20H18FN5/c1-13-16(21)9-8-15(25-13)11-17(22)20-19(7-4-10-23-20)26-18-6-3-2-5-14(18)12-24-26/h2-10,12,17H,11,22H2,1H3/t17-/m0/s1. The van der Waals surface area contributed by atoms with Crippen LogP contribution in [0.15, 0.2) is 60.9 Å². The number of nitrogens with two attached hydrogens (primary N) is 1. The van der Waals surface area contributed by atoms with E-state index < -0.39 is 0 Å². The molecule has 0 amide bonds. The average molecular weight is 347 g/mol. The highest BCUT2D eigenvalue weighted by atomic mass is 19.1. The van der Waals surface area contributed by atoms with Crippen LogP contribution in [0.1, 0.15) is 23.1 Å². The molecule has 6 heteroatoms. The largest absolute Gasteiger partial charge is 0.322 e. The van der Waals surface area contributed by atoms with Crippen LogP contribution in [0, 0.1) is 12.7 Å². The number of rotatable bonds is 4. The number of pyridine rings is 2. The lowest BCUT2D eigenvalue weighted by atomic mass is 10.1. The molecule has 2 N–H and O–H groups in total. The lowest BCUT2D eigenvalue weighted by molar-refractivity contribution is 0.601. The maximum atomic E-state index is 13.4. The van der Waals surface area contributed by atoms with Gasteiger partial charge in [-0.25, -0.2) is 9.07 Å². The van der Waals surface area contributed by atoms with Crippen LogP contribution in [-0.2, 0) is 6.42 Å². The molecule has 0 spiro atoms. The Hall–Kier alpha value is -3.12. The van der Waals surface area contributed by atoms with Gasteiger partial charge in [-0.15, -0.1) is 0 Å². The molecule has 4 aromatic rings. The number of para-hydroxylation sites is 1. The van der Waals surface area contributed by atoms with Gasteiger partial charge in [0, 0.05) is 23.7 Å². The molecule has 26 heavy (non-hydrogen) atoms. The second kappa shape index (κ2) is 6.65. The molecular formula is C20H18FN5. The number of benzene rings is 1. The van der Waals surface area contributed by atoms with Crippen LogP contribution in [0.4, 0.5) is 4.39 Å². The molecule has 0 fully saturated rings. The molecule has 5 nitrogen and oxygen atoms in total. The Balaban J connectivity index is 1.72. The van der Waals surface area contributed by atoms with Crippen LogP contribution in [0.5, 0.6) is 0 Å². The van der Waals surface area contributed by atoms with Crippen molar-refractivity contribution < 1.29 is 4.39 Å². The number of hydrogen-bond donors (Lipinski definition) is 1. The van der Waals surface area contributed by atoms with Gasteiger partial charge in [0.05, 0.1) is 34.8 Å². The third-order valence-electron chi connectivity index (χ3n) is 4.38. The van der Waals surface area contributed by atoms with E-state index >= 15 is 0 Å². The molecule has 0 bridgehead atoms. The van der Waals surface area contributed by atoms with Gasteiger partial charge in [0.15, 0.2) is 0 Å². The van der Waals surface area contributed by atoms with Crippen LogP contribution in [0.2, 0.25) is 0 Å². The molecule has 3 heterocycles. The van der Waals surface area contributed by atoms with Gasteiger partial charge in [-0.3, -0.25) is 9.97 Å². The minimum atomic E-state index is -0.383. The second-order valence-electron chi connectivity index (χ2n) is 6.20. The first kappa shape index (κ1) is 16.4. The fraction of sp³-hybridized carbons (Fsp3) is 0.150. The maximum absolute atomic E-state index is 13.4. The predicted octanol–water partition coefficient (Wildman–Crippen LogP) is 3.51. The molecule has 0 radical (unpaired) electrons. The lowest BCUT2D eigenvalue weighted by Crippen LogP contribution is -2.19. The molecule has 3 aromatic heterocycles. The number of aryl methyl sites for hydroxylation is 1. The van der Waals surface area contributed by atoms with E-state index in [0.29, 0.717) is 12.1 Å². The van der Waals surface area contributed by atoms with E-state index in [0.717, 1.165) is 28.0 Å². The van der Waals surface area contributed by atoms with E-state index in [1.54, 1.807) is 19.2 Å². The number of aromatic nitrogens is 4. The molecule has 0 aliphatic rings. The van der Waals surface area contributed by atoms with E-state index in [9.17, 15) is 4.39 Å². The van der Waals surface area contributed by atoms with E-state index in [1.165, 1.54) is 6.07 Å². The van der Waals surface area contributed by atoms with Crippen LogP contribution >= 0.6 is 0 Å². The Morgan fingerprint density at radius 1 is 1.12 bits per heavy atom. The fourth-order valence-electron chi connectivity index (χ4n) is 3.07. The van der Waals surface area contributed by atoms with Crippen molar-refractivity contribution in [3.8, 4) is 5.69 Å². The summed E-state index contributed by atoms with van der Waals surface area (Å²) in [6.07, 6.45) is 4.00. The Bertz CT molecular complexity index is 1070. The molecule has 1 atom stereocenters. The van der Waals surface area contributed by atoms with Gasteiger partial charge in [-0.1, -0.05) is 18.2 Å². The van der Waals surface area contributed by atoms with E-state index in [2.05, 4.69) is 15.1 Å². The zero-order valence-electron chi connectivity index (χ0n) is 14.3. The van der Waals surface area contributed by atoms with Gasteiger partial charge in [0.2, 0.25) is 0 Å². The summed E-state index contributed by atoms with van der Waals surface area (Å²) >= 11 is 0. The van der Waals surface area contributed by atoms with Crippen molar-refractivity contribution >= 4 is 10.9 Å². The Labute approximate surface area is 150 Å². The van der Waals surface area contributed by atoms with Gasteiger partial charge >= 0.3 is 0 Å². The smallest absolute Gasteiger partial charge is 0.144 e. The quantitative estimate of drug-likeness (QED) is 0.613. The van der Waals surface area contributed by atoms with E-state index in [-0.39, 0.29) is 11.9 Å². The summed E-state index contributed by atoms with van der Waals surface area (Å²) in [4.78, 5) is 8.77. The molecule has 0 aliphatic carbocycles. The van der Waals surface area contributed by atoms with Crippen molar-refractivity contribution in [1.29, 1.82) is 0 Å². The number of nitrogens with zero attached hydrogens (tertiary/aromatic N) is 4. The van der Waals surface area contributed by atoms with Gasteiger partial charge in [-0.05, 0) is 37.3 Å². The fourth-order valence-corrected chi connectivity index (χ4v) is 3.07. The Morgan fingerprint density at radius 3 is 2.81 bits per heavy atom. The summed E-state index contributed by atoms with van der Waals surface area (Å²) in [6.45, 7) is 1.65. The second-order valence-corrected chi connectivity index (χ2v) is 6.20. The van der Waals surface area contributed by atoms with Crippen molar-refractivity contribution in [2.75, 3.05) is 0 Å². The minimum Gasteiger partial charge on any atom is -0.322 e. The first-order chi connectivity index (χ1) is 12.6. The number of halogens is 1. The topological polar surface area (TPSA) is 69.6 Å². The van der Waals surface area contributed by atoms with Crippen molar-refractivity contribution in [1.82, 2.24) is 19.7 Å². The predicted molar refractivity (Wildman–Crippen MR) is 98.4 cm³/mol. The lowest BCUT2D eigenvalue weighted by Gasteiger charge is -2.16. The number of hydrogen-bond acceptors (Lipinski definition) is 4. The van der Waals surface area contributed by atoms with Crippen molar-refractivity contribution in [3.05, 3.63) is 83.8 Å². The normalized spacial score (nSPS) is 12.4. The molecule has 1 aromatic carbocycles. The maximum Gasteiger partial charge on any atom is 0.144 e. The zero-order chi connectivity index (χ0) is 18.1. The summed E-state index contributed by atoms with van der Waals surface area (Å²) in [7, 11) is 0.